The van der Waals surface area contributed by atoms with Crippen molar-refractivity contribution in [2.75, 3.05) is 5.32 Å². The number of nitrogens with one attached hydrogen (secondary N) is 1. The van der Waals surface area contributed by atoms with Gasteiger partial charge in [0.25, 0.3) is 5.70 Å². The Kier molecular flexibility index (Phi) is 6.38. The first-order valence-electron chi connectivity index (χ1n) is 8.25. The third kappa shape index (κ3) is 5.55. The number of para-hydroxylation sites is 2. The molecule has 0 bridgehead atoms. The number of anilines is 1. The molecule has 0 amide bonds. The Labute approximate surface area is 161 Å². The number of hydrogen-bond donors (Lipinski definition) is 1. The van der Waals surface area contributed by atoms with Crippen molar-refractivity contribution in [3.05, 3.63) is 112 Å². The molecule has 0 aliphatic heterocycles. The van der Waals surface area contributed by atoms with Crippen LogP contribution in [-0.2, 0) is 0 Å². The fourth-order valence-corrected chi connectivity index (χ4v) is 3.07. The summed E-state index contributed by atoms with van der Waals surface area (Å²) in [5, 5.41) is 16.8. The Hall–Kier alpha value is -3.38. The third-order valence-corrected chi connectivity index (χ3v) is 4.32. The van der Waals surface area contributed by atoms with Gasteiger partial charge in [-0.1, -0.05) is 66.4 Å². The van der Waals surface area contributed by atoms with E-state index in [4.69, 9.17) is 0 Å². The van der Waals surface area contributed by atoms with E-state index >= 15 is 0 Å². The Morgan fingerprint density at radius 1 is 0.889 bits per heavy atom. The molecule has 0 atom stereocenters. The van der Waals surface area contributed by atoms with Crippen LogP contribution in [0.4, 0.5) is 11.4 Å². The second kappa shape index (κ2) is 9.35. The molecule has 0 fully saturated rings. The SMILES string of the molecule is O=[N+]([O-])/C(=C\SC(=Nc1ccccc1)Nc1ccccc1)c1ccccc1. The summed E-state index contributed by atoms with van der Waals surface area (Å²) >= 11 is 1.18. The quantitative estimate of drug-likeness (QED) is 0.265. The standard InChI is InChI=1S/C21H17N3O2S/c25-24(26)20(17-10-4-1-5-11-17)16-27-21(22-18-12-6-2-7-13-18)23-19-14-8-3-9-15-19/h1-16H,(H,22,23)/b20-16-. The second-order valence-corrected chi connectivity index (χ2v) is 6.35. The topological polar surface area (TPSA) is 67.5 Å². The molecule has 0 aliphatic carbocycles. The number of thioether (sulfide) groups is 1. The van der Waals surface area contributed by atoms with E-state index in [0.717, 1.165) is 11.4 Å². The first-order valence-corrected chi connectivity index (χ1v) is 9.13. The van der Waals surface area contributed by atoms with Crippen LogP contribution in [0.3, 0.4) is 0 Å². The Balaban J connectivity index is 1.90. The van der Waals surface area contributed by atoms with Crippen LogP contribution >= 0.6 is 11.8 Å². The normalized spacial score (nSPS) is 11.9. The average Bonchev–Trinajstić information content (AvgIpc) is 2.70. The molecule has 0 radical (unpaired) electrons. The smallest absolute Gasteiger partial charge is 0.283 e. The van der Waals surface area contributed by atoms with Crippen molar-refractivity contribution in [1.29, 1.82) is 0 Å². The maximum absolute atomic E-state index is 11.5. The van der Waals surface area contributed by atoms with Gasteiger partial charge in [-0.05, 0) is 36.4 Å². The molecule has 3 aromatic carbocycles. The van der Waals surface area contributed by atoms with Crippen molar-refractivity contribution in [2.45, 2.75) is 0 Å². The van der Waals surface area contributed by atoms with Crippen LogP contribution in [0.5, 0.6) is 0 Å². The van der Waals surface area contributed by atoms with Gasteiger partial charge in [0.1, 0.15) is 0 Å². The summed E-state index contributed by atoms with van der Waals surface area (Å²) in [5.41, 5.74) is 2.19. The highest BCUT2D eigenvalue weighted by Crippen LogP contribution is 2.23. The van der Waals surface area contributed by atoms with Gasteiger partial charge in [-0.2, -0.15) is 0 Å². The first kappa shape index (κ1) is 18.4. The van der Waals surface area contributed by atoms with E-state index in [1.54, 1.807) is 24.3 Å². The zero-order chi connectivity index (χ0) is 18.9. The van der Waals surface area contributed by atoms with Crippen LogP contribution in [0.2, 0.25) is 0 Å². The molecule has 134 valence electrons. The summed E-state index contributed by atoms with van der Waals surface area (Å²) < 4.78 is 0. The fraction of sp³-hybridized carbons (Fsp3) is 0. The van der Waals surface area contributed by atoms with Crippen molar-refractivity contribution in [2.24, 2.45) is 4.99 Å². The maximum atomic E-state index is 11.5. The lowest BCUT2D eigenvalue weighted by Crippen LogP contribution is -2.07. The van der Waals surface area contributed by atoms with E-state index in [1.807, 2.05) is 66.7 Å². The van der Waals surface area contributed by atoms with E-state index in [1.165, 1.54) is 17.2 Å². The van der Waals surface area contributed by atoms with Crippen LogP contribution in [-0.4, -0.2) is 10.1 Å². The van der Waals surface area contributed by atoms with E-state index in [-0.39, 0.29) is 10.6 Å². The van der Waals surface area contributed by atoms with Crippen molar-refractivity contribution < 1.29 is 4.92 Å². The van der Waals surface area contributed by atoms with Crippen LogP contribution in [0.15, 0.2) is 101 Å². The molecule has 27 heavy (non-hydrogen) atoms. The number of nitro groups is 1. The molecule has 1 N–H and O–H groups in total. The van der Waals surface area contributed by atoms with Crippen LogP contribution < -0.4 is 5.32 Å². The lowest BCUT2D eigenvalue weighted by Gasteiger charge is -2.08. The van der Waals surface area contributed by atoms with Crippen molar-refractivity contribution in [3.63, 3.8) is 0 Å². The fourth-order valence-electron chi connectivity index (χ4n) is 2.29. The highest BCUT2D eigenvalue weighted by molar-refractivity contribution is 8.16. The molecular weight excluding hydrogens is 358 g/mol. The summed E-state index contributed by atoms with van der Waals surface area (Å²) in [6, 6.07) is 27.8. The van der Waals surface area contributed by atoms with Crippen molar-refractivity contribution in [3.8, 4) is 0 Å². The maximum Gasteiger partial charge on any atom is 0.283 e. The van der Waals surface area contributed by atoms with Gasteiger partial charge in [-0.25, -0.2) is 4.99 Å². The molecule has 3 rings (SSSR count). The summed E-state index contributed by atoms with van der Waals surface area (Å²) in [4.78, 5) is 15.7. The number of amidine groups is 1. The largest absolute Gasteiger partial charge is 0.334 e. The predicted octanol–water partition coefficient (Wildman–Crippen LogP) is 5.79. The lowest BCUT2D eigenvalue weighted by atomic mass is 10.2. The molecular formula is C21H17N3O2S. The molecule has 3 aromatic rings. The number of aliphatic imine (C=N–C) groups is 1. The molecule has 0 unspecified atom stereocenters. The molecule has 0 aromatic heterocycles. The predicted molar refractivity (Wildman–Crippen MR) is 113 cm³/mol. The van der Waals surface area contributed by atoms with Gasteiger partial charge >= 0.3 is 0 Å². The van der Waals surface area contributed by atoms with Crippen LogP contribution in [0.1, 0.15) is 5.56 Å². The molecule has 6 heteroatoms. The Morgan fingerprint density at radius 2 is 1.44 bits per heavy atom. The summed E-state index contributed by atoms with van der Waals surface area (Å²) in [7, 11) is 0. The van der Waals surface area contributed by atoms with Gasteiger partial charge < -0.3 is 5.32 Å². The minimum atomic E-state index is -0.384. The van der Waals surface area contributed by atoms with E-state index in [2.05, 4.69) is 10.3 Å². The van der Waals surface area contributed by atoms with Gasteiger partial charge in [0.2, 0.25) is 0 Å². The van der Waals surface area contributed by atoms with E-state index < -0.39 is 0 Å². The minimum absolute atomic E-state index is 0.0243. The highest BCUT2D eigenvalue weighted by atomic mass is 32.2. The molecule has 0 spiro atoms. The number of hydrogen-bond acceptors (Lipinski definition) is 4. The second-order valence-electron chi connectivity index (χ2n) is 5.49. The summed E-state index contributed by atoms with van der Waals surface area (Å²) in [5.74, 6) is 0. The highest BCUT2D eigenvalue weighted by Gasteiger charge is 2.14. The van der Waals surface area contributed by atoms with Crippen LogP contribution in [0.25, 0.3) is 5.70 Å². The van der Waals surface area contributed by atoms with E-state index in [0.29, 0.717) is 10.7 Å². The monoisotopic (exact) mass is 375 g/mol. The third-order valence-electron chi connectivity index (χ3n) is 3.56. The Bertz CT molecular complexity index is 943. The van der Waals surface area contributed by atoms with Crippen molar-refractivity contribution in [1.82, 2.24) is 0 Å². The van der Waals surface area contributed by atoms with Gasteiger partial charge in [-0.3, -0.25) is 10.1 Å². The number of nitrogens with zero attached hydrogens (tertiary/aromatic N) is 2. The molecule has 0 aliphatic rings. The summed E-state index contributed by atoms with van der Waals surface area (Å²) in [6.45, 7) is 0. The summed E-state index contributed by atoms with van der Waals surface area (Å²) in [6.07, 6.45) is 0. The average molecular weight is 375 g/mol. The van der Waals surface area contributed by atoms with Gasteiger partial charge in [-0.15, -0.1) is 0 Å². The number of benzene rings is 3. The lowest BCUT2D eigenvalue weighted by molar-refractivity contribution is -0.375. The molecule has 0 saturated heterocycles. The van der Waals surface area contributed by atoms with E-state index in [9.17, 15) is 10.1 Å². The molecule has 0 saturated carbocycles. The van der Waals surface area contributed by atoms with Crippen molar-refractivity contribution >= 4 is 34.0 Å². The van der Waals surface area contributed by atoms with Gasteiger partial charge in [0, 0.05) is 5.69 Å². The minimum Gasteiger partial charge on any atom is -0.334 e. The zero-order valence-electron chi connectivity index (χ0n) is 14.4. The molecule has 5 nitrogen and oxygen atoms in total. The Morgan fingerprint density at radius 3 is 2.04 bits per heavy atom. The molecule has 0 heterocycles. The van der Waals surface area contributed by atoms with Crippen LogP contribution in [0, 0.1) is 10.1 Å². The van der Waals surface area contributed by atoms with Gasteiger partial charge in [0.05, 0.1) is 21.6 Å². The zero-order valence-corrected chi connectivity index (χ0v) is 15.2. The first-order chi connectivity index (χ1) is 13.2. The van der Waals surface area contributed by atoms with Gasteiger partial charge in [0.15, 0.2) is 5.17 Å². The number of rotatable bonds is 5.